The molecule has 102 valence electrons. The van der Waals surface area contributed by atoms with Gasteiger partial charge in [0, 0.05) is 24.3 Å². The zero-order valence-corrected chi connectivity index (χ0v) is 12.1. The van der Waals surface area contributed by atoms with Crippen LogP contribution in [0.15, 0.2) is 6.20 Å². The first-order valence-corrected chi connectivity index (χ1v) is 7.46. The molecular formula is C15H27N3. The van der Waals surface area contributed by atoms with Gasteiger partial charge in [0.05, 0.1) is 6.20 Å². The Morgan fingerprint density at radius 2 is 2.00 bits per heavy atom. The molecule has 0 aliphatic heterocycles. The molecular weight excluding hydrogens is 222 g/mol. The maximum atomic E-state index is 4.41. The molecule has 1 aromatic heterocycles. The Kier molecular flexibility index (Phi) is 4.81. The van der Waals surface area contributed by atoms with Crippen LogP contribution in [-0.2, 0) is 7.05 Å². The maximum absolute atomic E-state index is 4.41. The minimum Gasteiger partial charge on any atom is -0.310 e. The van der Waals surface area contributed by atoms with Crippen molar-refractivity contribution >= 4 is 0 Å². The third kappa shape index (κ3) is 2.94. The van der Waals surface area contributed by atoms with Crippen LogP contribution in [0.3, 0.4) is 0 Å². The Labute approximate surface area is 111 Å². The molecule has 1 aliphatic rings. The standard InChI is InChI=1S/C15H27N3/c1-4-16-15(13-9-7-5-6-8-10-13)14-11-17-18(3)12(14)2/h11,13,15-16H,4-10H2,1-3H3. The molecule has 1 unspecified atom stereocenters. The van der Waals surface area contributed by atoms with Gasteiger partial charge in [0.15, 0.2) is 0 Å². The van der Waals surface area contributed by atoms with Crippen LogP contribution in [0.5, 0.6) is 0 Å². The van der Waals surface area contributed by atoms with Crippen molar-refractivity contribution in [2.75, 3.05) is 6.54 Å². The Balaban J connectivity index is 2.18. The van der Waals surface area contributed by atoms with E-state index >= 15 is 0 Å². The number of hydrogen-bond acceptors (Lipinski definition) is 2. The minimum atomic E-state index is 0.502. The van der Waals surface area contributed by atoms with Crippen molar-refractivity contribution in [2.24, 2.45) is 13.0 Å². The van der Waals surface area contributed by atoms with Crippen molar-refractivity contribution in [2.45, 2.75) is 58.4 Å². The van der Waals surface area contributed by atoms with Crippen molar-refractivity contribution in [1.82, 2.24) is 15.1 Å². The van der Waals surface area contributed by atoms with Gasteiger partial charge in [-0.3, -0.25) is 4.68 Å². The molecule has 1 saturated carbocycles. The molecule has 1 atom stereocenters. The van der Waals surface area contributed by atoms with Gasteiger partial charge in [0.1, 0.15) is 0 Å². The summed E-state index contributed by atoms with van der Waals surface area (Å²) < 4.78 is 2.00. The van der Waals surface area contributed by atoms with E-state index in [0.717, 1.165) is 12.5 Å². The summed E-state index contributed by atoms with van der Waals surface area (Å²) in [6.45, 7) is 5.42. The predicted molar refractivity (Wildman–Crippen MR) is 75.6 cm³/mol. The second-order valence-electron chi connectivity index (χ2n) is 5.60. The highest BCUT2D eigenvalue weighted by atomic mass is 15.3. The van der Waals surface area contributed by atoms with Crippen molar-refractivity contribution in [3.05, 3.63) is 17.5 Å². The van der Waals surface area contributed by atoms with Gasteiger partial charge >= 0.3 is 0 Å². The Morgan fingerprint density at radius 3 is 2.50 bits per heavy atom. The fraction of sp³-hybridized carbons (Fsp3) is 0.800. The molecule has 0 amide bonds. The molecule has 2 rings (SSSR count). The average molecular weight is 249 g/mol. The van der Waals surface area contributed by atoms with Gasteiger partial charge in [-0.1, -0.05) is 32.6 Å². The molecule has 0 bridgehead atoms. The van der Waals surface area contributed by atoms with E-state index in [1.807, 2.05) is 11.7 Å². The summed E-state index contributed by atoms with van der Waals surface area (Å²) in [6.07, 6.45) is 10.4. The monoisotopic (exact) mass is 249 g/mol. The quantitative estimate of drug-likeness (QED) is 0.829. The highest BCUT2D eigenvalue weighted by Crippen LogP contribution is 2.34. The third-order valence-electron chi connectivity index (χ3n) is 4.40. The molecule has 1 fully saturated rings. The smallest absolute Gasteiger partial charge is 0.0540 e. The molecule has 1 N–H and O–H groups in total. The molecule has 1 heterocycles. The summed E-state index contributed by atoms with van der Waals surface area (Å²) in [7, 11) is 2.04. The largest absolute Gasteiger partial charge is 0.310 e. The van der Waals surface area contributed by atoms with Gasteiger partial charge in [0.25, 0.3) is 0 Å². The van der Waals surface area contributed by atoms with E-state index in [0.29, 0.717) is 6.04 Å². The molecule has 3 nitrogen and oxygen atoms in total. The van der Waals surface area contributed by atoms with Gasteiger partial charge in [-0.2, -0.15) is 5.10 Å². The van der Waals surface area contributed by atoms with Crippen molar-refractivity contribution in [3.8, 4) is 0 Å². The Bertz CT molecular complexity index is 362. The minimum absolute atomic E-state index is 0.502. The van der Waals surface area contributed by atoms with Crippen LogP contribution in [0.4, 0.5) is 0 Å². The van der Waals surface area contributed by atoms with Gasteiger partial charge in [-0.15, -0.1) is 0 Å². The third-order valence-corrected chi connectivity index (χ3v) is 4.40. The summed E-state index contributed by atoms with van der Waals surface area (Å²) in [5.41, 5.74) is 2.72. The number of nitrogens with one attached hydrogen (secondary N) is 1. The zero-order chi connectivity index (χ0) is 13.0. The Morgan fingerprint density at radius 1 is 1.33 bits per heavy atom. The molecule has 0 spiro atoms. The fourth-order valence-electron chi connectivity index (χ4n) is 3.22. The number of rotatable bonds is 4. The highest BCUT2D eigenvalue weighted by Gasteiger charge is 2.25. The van der Waals surface area contributed by atoms with Crippen LogP contribution in [0.1, 0.15) is 62.7 Å². The first-order chi connectivity index (χ1) is 8.74. The fourth-order valence-corrected chi connectivity index (χ4v) is 3.22. The van der Waals surface area contributed by atoms with Crippen molar-refractivity contribution < 1.29 is 0 Å². The number of nitrogens with zero attached hydrogens (tertiary/aromatic N) is 2. The van der Waals surface area contributed by atoms with Crippen LogP contribution >= 0.6 is 0 Å². The van der Waals surface area contributed by atoms with Crippen LogP contribution in [0.25, 0.3) is 0 Å². The van der Waals surface area contributed by atoms with E-state index in [4.69, 9.17) is 0 Å². The first kappa shape index (κ1) is 13.6. The summed E-state index contributed by atoms with van der Waals surface area (Å²) in [6, 6.07) is 0.502. The summed E-state index contributed by atoms with van der Waals surface area (Å²) in [5, 5.41) is 8.11. The molecule has 3 heteroatoms. The van der Waals surface area contributed by atoms with Crippen molar-refractivity contribution in [1.29, 1.82) is 0 Å². The van der Waals surface area contributed by atoms with Gasteiger partial charge < -0.3 is 5.32 Å². The van der Waals surface area contributed by atoms with E-state index in [1.165, 1.54) is 49.8 Å². The van der Waals surface area contributed by atoms with Gasteiger partial charge in [-0.25, -0.2) is 0 Å². The summed E-state index contributed by atoms with van der Waals surface area (Å²) in [4.78, 5) is 0. The van der Waals surface area contributed by atoms with E-state index in [2.05, 4.69) is 30.5 Å². The molecule has 1 aliphatic carbocycles. The van der Waals surface area contributed by atoms with Crippen LogP contribution in [0.2, 0.25) is 0 Å². The number of aromatic nitrogens is 2. The normalized spacial score (nSPS) is 19.7. The number of hydrogen-bond donors (Lipinski definition) is 1. The van der Waals surface area contributed by atoms with E-state index in [9.17, 15) is 0 Å². The second kappa shape index (κ2) is 6.37. The zero-order valence-electron chi connectivity index (χ0n) is 12.1. The molecule has 18 heavy (non-hydrogen) atoms. The topological polar surface area (TPSA) is 29.9 Å². The van der Waals surface area contributed by atoms with Gasteiger partial charge in [0.2, 0.25) is 0 Å². The van der Waals surface area contributed by atoms with E-state index in [-0.39, 0.29) is 0 Å². The molecule has 1 aromatic rings. The molecule has 0 radical (unpaired) electrons. The van der Waals surface area contributed by atoms with Crippen LogP contribution in [0, 0.1) is 12.8 Å². The Hall–Kier alpha value is -0.830. The van der Waals surface area contributed by atoms with Gasteiger partial charge in [-0.05, 0) is 32.2 Å². The van der Waals surface area contributed by atoms with Crippen LogP contribution in [-0.4, -0.2) is 16.3 Å². The first-order valence-electron chi connectivity index (χ1n) is 7.46. The van der Waals surface area contributed by atoms with E-state index < -0.39 is 0 Å². The average Bonchev–Trinajstić information content (AvgIpc) is 2.62. The lowest BCUT2D eigenvalue weighted by atomic mass is 9.87. The maximum Gasteiger partial charge on any atom is 0.0540 e. The summed E-state index contributed by atoms with van der Waals surface area (Å²) >= 11 is 0. The lowest BCUT2D eigenvalue weighted by Gasteiger charge is -2.27. The SMILES string of the molecule is CCNC(c1cnn(C)c1C)C1CCCCCC1. The summed E-state index contributed by atoms with van der Waals surface area (Å²) in [5.74, 6) is 0.787. The predicted octanol–water partition coefficient (Wildman–Crippen LogP) is 3.35. The molecule has 0 aromatic carbocycles. The lowest BCUT2D eigenvalue weighted by molar-refractivity contribution is 0.329. The van der Waals surface area contributed by atoms with E-state index in [1.54, 1.807) is 0 Å². The lowest BCUT2D eigenvalue weighted by Crippen LogP contribution is -2.28. The van der Waals surface area contributed by atoms with Crippen molar-refractivity contribution in [3.63, 3.8) is 0 Å². The molecule has 0 saturated heterocycles. The number of aryl methyl sites for hydroxylation is 1. The highest BCUT2D eigenvalue weighted by molar-refractivity contribution is 5.21. The second-order valence-corrected chi connectivity index (χ2v) is 5.60. The van der Waals surface area contributed by atoms with Crippen LogP contribution < -0.4 is 5.32 Å².